The normalized spacial score (nSPS) is 15.5. The van der Waals surface area contributed by atoms with Gasteiger partial charge in [0.1, 0.15) is 0 Å². The largest absolute Gasteiger partial charge is 0.496 e. The Bertz CT molecular complexity index is 2140. The highest BCUT2D eigenvalue weighted by Crippen LogP contribution is 2.43. The summed E-state index contributed by atoms with van der Waals surface area (Å²) in [7, 11) is -0.501. The Labute approximate surface area is 273 Å². The maximum absolute atomic E-state index is 6.64. The first-order valence-corrected chi connectivity index (χ1v) is 16.4. The quantitative estimate of drug-likeness (QED) is 0.180. The van der Waals surface area contributed by atoms with Crippen LogP contribution in [0.25, 0.3) is 65.5 Å². The average Bonchev–Trinajstić information content (AvgIpc) is 3.57. The van der Waals surface area contributed by atoms with Crippen LogP contribution in [0.2, 0.25) is 0 Å². The van der Waals surface area contributed by atoms with E-state index < -0.39 is 18.3 Å². The molecule has 0 unspecified atom stereocenters. The summed E-state index contributed by atoms with van der Waals surface area (Å²) in [6.07, 6.45) is 0. The van der Waals surface area contributed by atoms with Gasteiger partial charge in [0, 0.05) is 42.3 Å². The van der Waals surface area contributed by atoms with Gasteiger partial charge < -0.3 is 9.31 Å². The molecule has 0 aliphatic carbocycles. The van der Waals surface area contributed by atoms with Crippen molar-refractivity contribution in [1.29, 1.82) is 0 Å². The van der Waals surface area contributed by atoms with Crippen molar-refractivity contribution in [3.05, 3.63) is 121 Å². The second kappa shape index (κ2) is 11.0. The van der Waals surface area contributed by atoms with Crippen molar-refractivity contribution in [2.45, 2.75) is 38.9 Å². The highest BCUT2D eigenvalue weighted by atomic mass is 32.1. The van der Waals surface area contributed by atoms with Gasteiger partial charge in [-0.05, 0) is 51.0 Å². The molecule has 0 amide bonds. The second-order valence-corrected chi connectivity index (χ2v) is 13.8. The van der Waals surface area contributed by atoms with Crippen molar-refractivity contribution in [1.82, 2.24) is 15.0 Å². The molecule has 1 fully saturated rings. The van der Waals surface area contributed by atoms with Gasteiger partial charge in [0.2, 0.25) is 0 Å². The van der Waals surface area contributed by atoms with Crippen molar-refractivity contribution in [3.8, 4) is 45.3 Å². The van der Waals surface area contributed by atoms with E-state index in [1.54, 1.807) is 11.3 Å². The number of nitrogens with zero attached hydrogens (tertiary/aromatic N) is 3. The van der Waals surface area contributed by atoms with E-state index in [4.69, 9.17) is 24.3 Å². The fourth-order valence-corrected chi connectivity index (χ4v) is 7.25. The first kappa shape index (κ1) is 28.8. The molecule has 7 heteroatoms. The minimum absolute atomic E-state index is 0.457. The SMILES string of the molecule is CC1(C)OB(c2cc(-c3ccccc3)cc3c2sc2cccc(-c4nc(-c5ccccc5)nc(-c5ccccc5)n4)c23)OC1(C)C. The molecule has 5 aromatic carbocycles. The Hall–Kier alpha value is -4.69. The number of hydrogen-bond acceptors (Lipinski definition) is 6. The molecular formula is C39H32BN3O2S. The first-order valence-electron chi connectivity index (χ1n) is 15.5. The van der Waals surface area contributed by atoms with Gasteiger partial charge in [0.25, 0.3) is 0 Å². The van der Waals surface area contributed by atoms with E-state index in [1.807, 2.05) is 66.7 Å². The molecular weight excluding hydrogens is 585 g/mol. The third-order valence-corrected chi connectivity index (χ3v) is 10.4. The van der Waals surface area contributed by atoms with Crippen molar-refractivity contribution in [2.24, 2.45) is 0 Å². The summed E-state index contributed by atoms with van der Waals surface area (Å²) in [4.78, 5) is 15.1. The molecule has 0 radical (unpaired) electrons. The van der Waals surface area contributed by atoms with Crippen molar-refractivity contribution in [3.63, 3.8) is 0 Å². The molecule has 0 spiro atoms. The van der Waals surface area contributed by atoms with Gasteiger partial charge in [0.15, 0.2) is 17.5 Å². The van der Waals surface area contributed by atoms with Crippen molar-refractivity contribution < 1.29 is 9.31 Å². The van der Waals surface area contributed by atoms with E-state index in [0.29, 0.717) is 17.5 Å². The lowest BCUT2D eigenvalue weighted by molar-refractivity contribution is 0.00578. The molecule has 3 heterocycles. The summed E-state index contributed by atoms with van der Waals surface area (Å²) in [5.74, 6) is 1.92. The van der Waals surface area contributed by atoms with E-state index in [9.17, 15) is 0 Å². The third kappa shape index (κ3) is 4.92. The molecule has 8 rings (SSSR count). The summed E-state index contributed by atoms with van der Waals surface area (Å²) in [5, 5.41) is 2.24. The summed E-state index contributed by atoms with van der Waals surface area (Å²) >= 11 is 1.76. The predicted octanol–water partition coefficient (Wildman–Crippen LogP) is 9.21. The van der Waals surface area contributed by atoms with Gasteiger partial charge >= 0.3 is 7.12 Å². The minimum Gasteiger partial charge on any atom is -0.399 e. The monoisotopic (exact) mass is 617 g/mol. The van der Waals surface area contributed by atoms with Crippen LogP contribution in [0.1, 0.15) is 27.7 Å². The molecule has 0 N–H and O–H groups in total. The topological polar surface area (TPSA) is 57.1 Å². The molecule has 0 atom stereocenters. The van der Waals surface area contributed by atoms with Crippen LogP contribution in [0.15, 0.2) is 121 Å². The average molecular weight is 618 g/mol. The highest BCUT2D eigenvalue weighted by molar-refractivity contribution is 7.27. The van der Waals surface area contributed by atoms with Crippen LogP contribution in [-0.2, 0) is 9.31 Å². The van der Waals surface area contributed by atoms with Crippen LogP contribution in [0, 0.1) is 0 Å². The minimum atomic E-state index is -0.501. The van der Waals surface area contributed by atoms with E-state index >= 15 is 0 Å². The maximum atomic E-state index is 6.64. The van der Waals surface area contributed by atoms with E-state index in [-0.39, 0.29) is 0 Å². The van der Waals surface area contributed by atoms with Gasteiger partial charge in [-0.1, -0.05) is 109 Å². The first-order chi connectivity index (χ1) is 22.3. The molecule has 1 aliphatic heterocycles. The molecule has 0 saturated carbocycles. The van der Waals surface area contributed by atoms with Crippen LogP contribution in [-0.4, -0.2) is 33.3 Å². The third-order valence-electron chi connectivity index (χ3n) is 9.18. The summed E-state index contributed by atoms with van der Waals surface area (Å²) in [6, 6.07) is 41.6. The van der Waals surface area contributed by atoms with E-state index in [1.165, 1.54) is 0 Å². The molecule has 7 aromatic rings. The molecule has 1 saturated heterocycles. The summed E-state index contributed by atoms with van der Waals surface area (Å²) in [6.45, 7) is 8.40. The Morgan fingerprint density at radius 1 is 0.543 bits per heavy atom. The Kier molecular flexibility index (Phi) is 6.87. The van der Waals surface area contributed by atoms with Crippen LogP contribution >= 0.6 is 11.3 Å². The van der Waals surface area contributed by atoms with Crippen LogP contribution in [0.5, 0.6) is 0 Å². The molecule has 224 valence electrons. The van der Waals surface area contributed by atoms with Crippen LogP contribution in [0.3, 0.4) is 0 Å². The van der Waals surface area contributed by atoms with Crippen LogP contribution < -0.4 is 5.46 Å². The zero-order valence-electron chi connectivity index (χ0n) is 26.2. The van der Waals surface area contributed by atoms with Crippen molar-refractivity contribution >= 4 is 44.1 Å². The summed E-state index contributed by atoms with van der Waals surface area (Å²) < 4.78 is 15.6. The van der Waals surface area contributed by atoms with Gasteiger partial charge in [0.05, 0.1) is 11.2 Å². The lowest BCUT2D eigenvalue weighted by Crippen LogP contribution is -2.41. The zero-order valence-corrected chi connectivity index (χ0v) is 27.0. The highest BCUT2D eigenvalue weighted by Gasteiger charge is 2.52. The zero-order chi connectivity index (χ0) is 31.5. The Morgan fingerprint density at radius 3 is 1.63 bits per heavy atom. The Morgan fingerprint density at radius 2 is 1.07 bits per heavy atom. The predicted molar refractivity (Wildman–Crippen MR) is 190 cm³/mol. The number of thiophene rings is 1. The number of aromatic nitrogens is 3. The standard InChI is InChI=1S/C39H32BN3O2S/c1-38(2)39(3,4)45-40(44-38)31-24-28(25-15-8-5-9-16-25)23-30-33-29(21-14-22-32(33)46-34(30)31)37-42-35(26-17-10-6-11-18-26)41-36(43-37)27-19-12-7-13-20-27/h5-24H,1-4H3. The lowest BCUT2D eigenvalue weighted by Gasteiger charge is -2.32. The van der Waals surface area contributed by atoms with E-state index in [0.717, 1.165) is 53.5 Å². The molecule has 5 nitrogen and oxygen atoms in total. The Balaban J connectivity index is 1.40. The number of benzene rings is 5. The number of hydrogen-bond donors (Lipinski definition) is 0. The maximum Gasteiger partial charge on any atom is 0.496 e. The number of fused-ring (bicyclic) bond motifs is 3. The second-order valence-electron chi connectivity index (χ2n) is 12.7. The smallest absolute Gasteiger partial charge is 0.399 e. The van der Waals surface area contributed by atoms with Gasteiger partial charge in [-0.3, -0.25) is 0 Å². The van der Waals surface area contributed by atoms with Gasteiger partial charge in [-0.15, -0.1) is 11.3 Å². The molecule has 2 aromatic heterocycles. The van der Waals surface area contributed by atoms with Crippen LogP contribution in [0.4, 0.5) is 0 Å². The number of rotatable bonds is 5. The van der Waals surface area contributed by atoms with Crippen molar-refractivity contribution in [2.75, 3.05) is 0 Å². The molecule has 0 bridgehead atoms. The molecule has 1 aliphatic rings. The van der Waals surface area contributed by atoms with Gasteiger partial charge in [-0.25, -0.2) is 15.0 Å². The lowest BCUT2D eigenvalue weighted by atomic mass is 9.77. The van der Waals surface area contributed by atoms with Gasteiger partial charge in [-0.2, -0.15) is 0 Å². The van der Waals surface area contributed by atoms with E-state index in [2.05, 4.69) is 82.3 Å². The molecule has 46 heavy (non-hydrogen) atoms. The fourth-order valence-electron chi connectivity index (χ4n) is 6.01. The summed E-state index contributed by atoms with van der Waals surface area (Å²) in [5.41, 5.74) is 5.22. The fraction of sp³-hybridized carbons (Fsp3) is 0.154.